The monoisotopic (exact) mass is 544 g/mol. The highest BCUT2D eigenvalue weighted by atomic mass is 19.1. The van der Waals surface area contributed by atoms with Gasteiger partial charge in [-0.1, -0.05) is 50.1 Å². The third kappa shape index (κ3) is 7.05. The minimum Gasteiger partial charge on any atom is -0.497 e. The molecule has 3 aromatic carbocycles. The molecule has 4 rings (SSSR count). The van der Waals surface area contributed by atoms with E-state index in [0.717, 1.165) is 24.8 Å². The molecule has 0 saturated carbocycles. The molecule has 0 saturated heterocycles. The zero-order valence-electron chi connectivity index (χ0n) is 22.9. The van der Waals surface area contributed by atoms with Crippen LogP contribution < -0.4 is 14.8 Å². The highest BCUT2D eigenvalue weighted by Crippen LogP contribution is 2.26. The first kappa shape index (κ1) is 28.4. The van der Waals surface area contributed by atoms with Crippen molar-refractivity contribution in [2.24, 2.45) is 0 Å². The Bertz CT molecular complexity index is 1420. The number of hydrogen-bond acceptors (Lipinski definition) is 5. The number of nitrogens with zero attached hydrogens (tertiary/aromatic N) is 3. The van der Waals surface area contributed by atoms with E-state index in [1.165, 1.54) is 31.3 Å². The third-order valence-electron chi connectivity index (χ3n) is 6.37. The van der Waals surface area contributed by atoms with E-state index in [-0.39, 0.29) is 24.2 Å². The van der Waals surface area contributed by atoms with Gasteiger partial charge in [-0.05, 0) is 42.8 Å². The molecule has 1 N–H and O–H groups in total. The summed E-state index contributed by atoms with van der Waals surface area (Å²) in [5.74, 6) is 0.303. The quantitative estimate of drug-likeness (QED) is 0.222. The number of methoxy groups -OCH3 is 2. The van der Waals surface area contributed by atoms with Gasteiger partial charge < -0.3 is 19.7 Å². The molecule has 8 nitrogen and oxygen atoms in total. The molecule has 4 aromatic rings. The van der Waals surface area contributed by atoms with Gasteiger partial charge in [0.2, 0.25) is 5.91 Å². The lowest BCUT2D eigenvalue weighted by atomic mass is 10.1. The molecule has 9 heteroatoms. The zero-order valence-corrected chi connectivity index (χ0v) is 22.9. The molecule has 0 aliphatic rings. The van der Waals surface area contributed by atoms with Gasteiger partial charge in [0.1, 0.15) is 29.7 Å². The zero-order chi connectivity index (χ0) is 28.5. The Hall–Kier alpha value is -4.66. The van der Waals surface area contributed by atoms with Crippen LogP contribution in [0.5, 0.6) is 11.5 Å². The number of carbonyl (C=O) groups is 2. The van der Waals surface area contributed by atoms with E-state index < -0.39 is 0 Å². The van der Waals surface area contributed by atoms with Crippen LogP contribution in [0.1, 0.15) is 36.5 Å². The number of amides is 2. The summed E-state index contributed by atoms with van der Waals surface area (Å²) in [6.07, 6.45) is 2.65. The summed E-state index contributed by atoms with van der Waals surface area (Å²) in [5.41, 5.74) is 2.45. The lowest BCUT2D eigenvalue weighted by molar-refractivity contribution is -0.117. The van der Waals surface area contributed by atoms with Crippen molar-refractivity contribution in [3.05, 3.63) is 90.2 Å². The van der Waals surface area contributed by atoms with Crippen LogP contribution >= 0.6 is 0 Å². The summed E-state index contributed by atoms with van der Waals surface area (Å²) < 4.78 is 25.8. The predicted molar refractivity (Wildman–Crippen MR) is 153 cm³/mol. The number of unbranched alkanes of at least 4 members (excludes halogenated alkanes) is 2. The number of ether oxygens (including phenoxy) is 2. The lowest BCUT2D eigenvalue weighted by Gasteiger charge is -2.23. The van der Waals surface area contributed by atoms with Gasteiger partial charge in [0.05, 0.1) is 25.6 Å². The summed E-state index contributed by atoms with van der Waals surface area (Å²) >= 11 is 0. The topological polar surface area (TPSA) is 85.7 Å². The Morgan fingerprint density at radius 1 is 0.925 bits per heavy atom. The van der Waals surface area contributed by atoms with Crippen molar-refractivity contribution in [3.8, 4) is 28.4 Å². The molecule has 0 aliphatic carbocycles. The largest absolute Gasteiger partial charge is 0.497 e. The Balaban J connectivity index is 1.61. The molecule has 0 atom stereocenters. The van der Waals surface area contributed by atoms with Crippen LogP contribution in [-0.2, 0) is 4.79 Å². The van der Waals surface area contributed by atoms with Gasteiger partial charge in [-0.2, -0.15) is 5.10 Å². The lowest BCUT2D eigenvalue weighted by Crippen LogP contribution is -2.39. The molecule has 1 aromatic heterocycles. The second kappa shape index (κ2) is 13.4. The molecule has 0 spiro atoms. The van der Waals surface area contributed by atoms with Gasteiger partial charge in [0, 0.05) is 29.8 Å². The Kier molecular flexibility index (Phi) is 9.51. The van der Waals surface area contributed by atoms with Crippen molar-refractivity contribution in [1.82, 2.24) is 14.7 Å². The maximum absolute atomic E-state index is 13.6. The van der Waals surface area contributed by atoms with E-state index in [1.807, 2.05) is 30.3 Å². The minimum absolute atomic E-state index is 0.169. The SMILES string of the molecule is CCCCCN(CC(=O)Nc1cc(-c2ccccc2)nn1-c1ccc(F)cc1)C(=O)c1cc(OC)cc(OC)c1. The Labute approximate surface area is 233 Å². The molecule has 0 radical (unpaired) electrons. The molecular weight excluding hydrogens is 511 g/mol. The minimum atomic E-state index is -0.386. The number of hydrogen-bond donors (Lipinski definition) is 1. The predicted octanol–water partition coefficient (Wildman–Crippen LogP) is 5.97. The van der Waals surface area contributed by atoms with E-state index in [2.05, 4.69) is 17.3 Å². The number of carbonyl (C=O) groups excluding carboxylic acids is 2. The summed E-state index contributed by atoms with van der Waals surface area (Å²) in [5, 5.41) is 7.58. The molecule has 1 heterocycles. The molecular formula is C31H33FN4O4. The fraction of sp³-hybridized carbons (Fsp3) is 0.258. The van der Waals surface area contributed by atoms with Gasteiger partial charge in [0.15, 0.2) is 0 Å². The van der Waals surface area contributed by atoms with Crippen LogP contribution in [0.2, 0.25) is 0 Å². The molecule has 0 bridgehead atoms. The van der Waals surface area contributed by atoms with Gasteiger partial charge in [0.25, 0.3) is 5.91 Å². The Morgan fingerprint density at radius 2 is 1.60 bits per heavy atom. The smallest absolute Gasteiger partial charge is 0.254 e. The summed E-state index contributed by atoms with van der Waals surface area (Å²) in [7, 11) is 3.03. The highest BCUT2D eigenvalue weighted by Gasteiger charge is 2.22. The third-order valence-corrected chi connectivity index (χ3v) is 6.37. The van der Waals surface area contributed by atoms with E-state index in [4.69, 9.17) is 9.47 Å². The summed E-state index contributed by atoms with van der Waals surface area (Å²) in [6.45, 7) is 2.32. The number of halogens is 1. The second-order valence-electron chi connectivity index (χ2n) is 9.25. The van der Waals surface area contributed by atoms with Crippen LogP contribution in [0.4, 0.5) is 10.2 Å². The van der Waals surface area contributed by atoms with Gasteiger partial charge in [-0.25, -0.2) is 9.07 Å². The number of nitrogens with one attached hydrogen (secondary N) is 1. The summed E-state index contributed by atoms with van der Waals surface area (Å²) in [4.78, 5) is 28.4. The van der Waals surface area contributed by atoms with Crippen molar-refractivity contribution >= 4 is 17.6 Å². The average Bonchev–Trinajstić information content (AvgIpc) is 3.40. The standard InChI is InChI=1S/C31H33FN4O4/c1-4-5-9-16-35(31(38)23-17-26(39-2)19-27(18-23)40-3)21-30(37)33-29-20-28(22-10-7-6-8-11-22)34-36(29)25-14-12-24(32)13-15-25/h6-8,10-15,17-20H,4-5,9,16,21H2,1-3H3,(H,33,37). The first-order valence-electron chi connectivity index (χ1n) is 13.2. The highest BCUT2D eigenvalue weighted by molar-refractivity contribution is 6.00. The van der Waals surface area contributed by atoms with E-state index in [9.17, 15) is 14.0 Å². The van der Waals surface area contributed by atoms with Gasteiger partial charge in [-0.3, -0.25) is 9.59 Å². The van der Waals surface area contributed by atoms with E-state index >= 15 is 0 Å². The van der Waals surface area contributed by atoms with Crippen molar-refractivity contribution < 1.29 is 23.5 Å². The number of aromatic nitrogens is 2. The van der Waals surface area contributed by atoms with Crippen LogP contribution in [0.15, 0.2) is 78.9 Å². The van der Waals surface area contributed by atoms with Crippen molar-refractivity contribution in [3.63, 3.8) is 0 Å². The van der Waals surface area contributed by atoms with Crippen molar-refractivity contribution in [1.29, 1.82) is 0 Å². The van der Waals surface area contributed by atoms with Crippen molar-refractivity contribution in [2.45, 2.75) is 26.2 Å². The van der Waals surface area contributed by atoms with E-state index in [0.29, 0.717) is 40.8 Å². The molecule has 208 valence electrons. The first-order valence-corrected chi connectivity index (χ1v) is 13.2. The van der Waals surface area contributed by atoms with Crippen molar-refractivity contribution in [2.75, 3.05) is 32.6 Å². The van der Waals surface area contributed by atoms with Gasteiger partial charge >= 0.3 is 0 Å². The normalized spacial score (nSPS) is 10.7. The number of benzene rings is 3. The Morgan fingerprint density at radius 3 is 2.23 bits per heavy atom. The fourth-order valence-electron chi connectivity index (χ4n) is 4.27. The number of rotatable bonds is 12. The van der Waals surface area contributed by atoms with Crippen LogP contribution in [0, 0.1) is 5.82 Å². The molecule has 0 aliphatic heterocycles. The second-order valence-corrected chi connectivity index (χ2v) is 9.25. The first-order chi connectivity index (χ1) is 19.4. The van der Waals surface area contributed by atoms with Crippen LogP contribution in [0.25, 0.3) is 16.9 Å². The summed E-state index contributed by atoms with van der Waals surface area (Å²) in [6, 6.07) is 22.1. The van der Waals surface area contributed by atoms with Crippen LogP contribution in [0.3, 0.4) is 0 Å². The molecule has 40 heavy (non-hydrogen) atoms. The maximum atomic E-state index is 13.6. The molecule has 2 amide bonds. The molecule has 0 unspecified atom stereocenters. The molecule has 0 fully saturated rings. The average molecular weight is 545 g/mol. The van der Waals surface area contributed by atoms with Gasteiger partial charge in [-0.15, -0.1) is 0 Å². The van der Waals surface area contributed by atoms with Crippen LogP contribution in [-0.4, -0.2) is 53.8 Å². The number of anilines is 1. The fourth-order valence-corrected chi connectivity index (χ4v) is 4.27. The maximum Gasteiger partial charge on any atom is 0.254 e. The van der Waals surface area contributed by atoms with E-state index in [1.54, 1.807) is 41.1 Å².